The number of anilines is 1. The number of aliphatic hydroxyl groups excluding tert-OH is 1. The monoisotopic (exact) mass is 897 g/mol. The highest BCUT2D eigenvalue weighted by Gasteiger charge is 2.35. The van der Waals surface area contributed by atoms with Crippen LogP contribution in [-0.2, 0) is 31.0 Å². The summed E-state index contributed by atoms with van der Waals surface area (Å²) < 4.78 is 11.9. The first-order valence-corrected chi connectivity index (χ1v) is 21.1. The highest BCUT2D eigenvalue weighted by Crippen LogP contribution is 2.45. The highest BCUT2D eigenvalue weighted by atomic mass is 16.5. The maximum absolute atomic E-state index is 14.4. The van der Waals surface area contributed by atoms with Gasteiger partial charge in [0.1, 0.15) is 48.0 Å². The first-order chi connectivity index (χ1) is 30.6. The first kappa shape index (κ1) is 49.2. The van der Waals surface area contributed by atoms with Crippen molar-refractivity contribution in [3.63, 3.8) is 0 Å². The van der Waals surface area contributed by atoms with Crippen LogP contribution < -0.4 is 42.6 Å². The predicted octanol–water partition coefficient (Wildman–Crippen LogP) is 2.00. The fraction of sp³-hybridized carbons (Fsp3) is 0.413. The molecular weight excluding hydrogens is 839 g/mol. The van der Waals surface area contributed by atoms with Crippen LogP contribution in [0.5, 0.6) is 17.2 Å². The number of aryl methyl sites for hydroxylation is 2. The van der Waals surface area contributed by atoms with E-state index in [1.54, 1.807) is 25.1 Å². The first-order valence-electron chi connectivity index (χ1n) is 21.1. The maximum Gasteiger partial charge on any atom is 0.326 e. The second-order valence-electron chi connectivity index (χ2n) is 17.0. The number of ether oxygens (including phenoxy) is 2. The van der Waals surface area contributed by atoms with Gasteiger partial charge in [0.05, 0.1) is 18.8 Å². The molecule has 5 rings (SSSR count). The van der Waals surface area contributed by atoms with Gasteiger partial charge >= 0.3 is 5.97 Å². The predicted molar refractivity (Wildman–Crippen MR) is 242 cm³/mol. The smallest absolute Gasteiger partial charge is 0.326 e. The van der Waals surface area contributed by atoms with Gasteiger partial charge in [-0.1, -0.05) is 45.0 Å². The minimum absolute atomic E-state index is 0.0482. The SMILES string of the molecule is Cc1cc(C(C)(C)C)ccc1-c1nc(C)c(C(=O)NCC(=O)N(C)[C@@H]2C(=O)N[C@@H](C)C(=O)N[C@H](C(=O)O)Cc3ccc(OCCCN)c(c3)-c3cc2cc(OC[C@H](O)CN)c3O)c(N)n1. The van der Waals surface area contributed by atoms with E-state index in [0.29, 0.717) is 24.4 Å². The summed E-state index contributed by atoms with van der Waals surface area (Å²) in [5.41, 5.74) is 21.4. The number of nitrogen functional groups attached to an aromatic ring is 1. The number of nitrogens with one attached hydrogen (secondary N) is 3. The van der Waals surface area contributed by atoms with E-state index in [2.05, 4.69) is 52.8 Å². The van der Waals surface area contributed by atoms with Gasteiger partial charge in [-0.15, -0.1) is 0 Å². The fourth-order valence-corrected chi connectivity index (χ4v) is 7.19. The molecule has 0 saturated heterocycles. The Hall–Kier alpha value is -6.83. The number of nitrogens with two attached hydrogens (primary N) is 3. The van der Waals surface area contributed by atoms with Gasteiger partial charge in [-0.3, -0.25) is 19.2 Å². The summed E-state index contributed by atoms with van der Waals surface area (Å²) in [7, 11) is 1.30. The Kier molecular flexibility index (Phi) is 15.7. The third-order valence-electron chi connectivity index (χ3n) is 11.0. The molecule has 65 heavy (non-hydrogen) atoms. The maximum atomic E-state index is 14.4. The fourth-order valence-electron chi connectivity index (χ4n) is 7.19. The van der Waals surface area contributed by atoms with E-state index in [0.717, 1.165) is 21.6 Å². The van der Waals surface area contributed by atoms with E-state index < -0.39 is 66.1 Å². The highest BCUT2D eigenvalue weighted by molar-refractivity contribution is 6.02. The van der Waals surface area contributed by atoms with Gasteiger partial charge in [0.25, 0.3) is 5.91 Å². The number of aromatic nitrogens is 2. The van der Waals surface area contributed by atoms with Gasteiger partial charge in [0, 0.05) is 36.7 Å². The number of rotatable bonds is 14. The average molecular weight is 898 g/mol. The average Bonchev–Trinajstić information content (AvgIpc) is 3.24. The van der Waals surface area contributed by atoms with Gasteiger partial charge in [-0.2, -0.15) is 0 Å². The Morgan fingerprint density at radius 1 is 0.954 bits per heavy atom. The molecule has 1 aromatic heterocycles. The van der Waals surface area contributed by atoms with Crippen LogP contribution in [0.3, 0.4) is 0 Å². The number of aliphatic hydroxyl groups is 1. The molecular formula is C46H59N9O10. The van der Waals surface area contributed by atoms with Gasteiger partial charge < -0.3 is 62.8 Å². The van der Waals surface area contributed by atoms with Crippen LogP contribution >= 0.6 is 0 Å². The van der Waals surface area contributed by atoms with Crippen LogP contribution in [0.4, 0.5) is 5.82 Å². The number of benzene rings is 3. The topological polar surface area (TPSA) is 308 Å². The molecule has 0 radical (unpaired) electrons. The molecule has 0 spiro atoms. The number of nitrogens with zero attached hydrogens (tertiary/aromatic N) is 3. The number of hydrogen-bond donors (Lipinski definition) is 9. The van der Waals surface area contributed by atoms with E-state index in [1.165, 1.54) is 26.1 Å². The number of fused-ring (bicyclic) bond motifs is 5. The number of aromatic hydroxyl groups is 1. The number of phenols is 1. The van der Waals surface area contributed by atoms with Crippen molar-refractivity contribution < 1.29 is 48.8 Å². The lowest BCUT2D eigenvalue weighted by Crippen LogP contribution is -2.53. The Bertz CT molecular complexity index is 2430. The lowest BCUT2D eigenvalue weighted by Gasteiger charge is -2.30. The number of carbonyl (C=O) groups is 5. The van der Waals surface area contributed by atoms with Crippen LogP contribution in [-0.4, -0.2) is 118 Å². The molecule has 4 bridgehead atoms. The molecule has 4 amide bonds. The molecule has 0 unspecified atom stereocenters. The normalized spacial score (nSPS) is 16.9. The zero-order chi connectivity index (χ0) is 47.9. The zero-order valence-corrected chi connectivity index (χ0v) is 37.7. The Morgan fingerprint density at radius 2 is 1.68 bits per heavy atom. The number of likely N-dealkylation sites (N-methyl/N-ethyl adjacent to an activating group) is 1. The zero-order valence-electron chi connectivity index (χ0n) is 37.7. The molecule has 2 heterocycles. The minimum atomic E-state index is -1.58. The summed E-state index contributed by atoms with van der Waals surface area (Å²) in [5, 5.41) is 39.8. The molecule has 4 atom stereocenters. The van der Waals surface area contributed by atoms with E-state index >= 15 is 0 Å². The van der Waals surface area contributed by atoms with Crippen LogP contribution in [0.2, 0.25) is 0 Å². The Labute approximate surface area is 377 Å². The number of carbonyl (C=O) groups excluding carboxylic acids is 4. The summed E-state index contributed by atoms with van der Waals surface area (Å²) in [5.74, 6) is -4.83. The van der Waals surface area contributed by atoms with Gasteiger partial charge in [0.15, 0.2) is 17.3 Å². The quantitative estimate of drug-likeness (QED) is 0.0818. The van der Waals surface area contributed by atoms with Crippen molar-refractivity contribution in [1.29, 1.82) is 0 Å². The van der Waals surface area contributed by atoms with Crippen molar-refractivity contribution in [3.8, 4) is 39.8 Å². The molecule has 4 aromatic rings. The molecule has 3 aromatic carbocycles. The van der Waals surface area contributed by atoms with Gasteiger partial charge in [0.2, 0.25) is 17.7 Å². The second-order valence-corrected chi connectivity index (χ2v) is 17.0. The molecule has 0 fully saturated rings. The molecule has 12 N–H and O–H groups in total. The Morgan fingerprint density at radius 3 is 2.31 bits per heavy atom. The van der Waals surface area contributed by atoms with Crippen LogP contribution in [0.1, 0.15) is 78.5 Å². The van der Waals surface area contributed by atoms with E-state index in [9.17, 15) is 39.3 Å². The third-order valence-corrected chi connectivity index (χ3v) is 11.0. The number of hydrogen-bond acceptors (Lipinski definition) is 14. The number of phenolic OH excluding ortho intramolecular Hbond substituents is 1. The molecule has 19 nitrogen and oxygen atoms in total. The van der Waals surface area contributed by atoms with Gasteiger partial charge in [-0.05, 0) is 85.7 Å². The molecule has 0 saturated carbocycles. The number of carboxylic acid groups (broad SMARTS) is 1. The van der Waals surface area contributed by atoms with Crippen molar-refractivity contribution in [1.82, 2.24) is 30.8 Å². The lowest BCUT2D eigenvalue weighted by molar-refractivity contribution is -0.142. The molecule has 0 aliphatic carbocycles. The van der Waals surface area contributed by atoms with E-state index in [1.807, 2.05) is 19.1 Å². The molecule has 348 valence electrons. The van der Waals surface area contributed by atoms with E-state index in [-0.39, 0.29) is 76.9 Å². The third kappa shape index (κ3) is 11.7. The lowest BCUT2D eigenvalue weighted by atomic mass is 9.85. The summed E-state index contributed by atoms with van der Waals surface area (Å²) in [4.78, 5) is 78.1. The second kappa shape index (κ2) is 20.8. The standard InChI is InChI=1S/C46H59N9O10/c1-23-15-28(46(4,5)6)10-11-30(23)41-51-24(2)37(40(49)54-41)43(60)50-21-36(57)55(7)38-27-18-32(39(58)35(19-27)65-22-29(56)20-48)31-16-26(9-12-34(31)64-14-8-13-47)17-33(45(62)63)53-42(59)25(3)52-44(38)61/h9-12,15-16,18-19,25,29,33,38,56,58H,8,13-14,17,20-22,47-48H2,1-7H3,(H,50,60)(H,52,61)(H,53,59)(H,62,63)(H2,49,51,54)/t25-,29+,33-,38-/m0/s1. The van der Waals surface area contributed by atoms with Crippen LogP contribution in [0, 0.1) is 13.8 Å². The van der Waals surface area contributed by atoms with Crippen molar-refractivity contribution in [3.05, 3.63) is 82.0 Å². The summed E-state index contributed by atoms with van der Waals surface area (Å²) in [6.45, 7) is 10.5. The largest absolute Gasteiger partial charge is 0.504 e. The summed E-state index contributed by atoms with van der Waals surface area (Å²) in [6, 6.07) is 9.09. The number of carboxylic acids is 1. The summed E-state index contributed by atoms with van der Waals surface area (Å²) in [6.07, 6.45) is -0.880. The van der Waals surface area contributed by atoms with Crippen LogP contribution in [0.15, 0.2) is 48.5 Å². The van der Waals surface area contributed by atoms with Gasteiger partial charge in [-0.25, -0.2) is 14.8 Å². The number of aliphatic carboxylic acids is 1. The molecule has 19 heteroatoms. The molecule has 1 aliphatic heterocycles. The van der Waals surface area contributed by atoms with Crippen molar-refractivity contribution >= 4 is 35.4 Å². The Balaban J connectivity index is 1.55. The number of amides is 4. The van der Waals surface area contributed by atoms with Crippen molar-refractivity contribution in [2.24, 2.45) is 11.5 Å². The minimum Gasteiger partial charge on any atom is -0.504 e. The van der Waals surface area contributed by atoms with Crippen LogP contribution in [0.25, 0.3) is 22.5 Å². The van der Waals surface area contributed by atoms with Crippen molar-refractivity contribution in [2.45, 2.75) is 84.0 Å². The van der Waals surface area contributed by atoms with E-state index in [4.69, 9.17) is 26.7 Å². The molecule has 1 aliphatic rings. The van der Waals surface area contributed by atoms with Crippen molar-refractivity contribution in [2.75, 3.05) is 45.6 Å². The summed E-state index contributed by atoms with van der Waals surface area (Å²) >= 11 is 0.